The van der Waals surface area contributed by atoms with E-state index in [-0.39, 0.29) is 41.3 Å². The van der Waals surface area contributed by atoms with Crippen LogP contribution in [0.2, 0.25) is 0 Å². The Bertz CT molecular complexity index is 1050. The molecule has 2 fully saturated rings. The summed E-state index contributed by atoms with van der Waals surface area (Å²) in [6.45, 7) is -0.755. The van der Waals surface area contributed by atoms with Gasteiger partial charge in [-0.15, -0.1) is 0 Å². The van der Waals surface area contributed by atoms with Gasteiger partial charge in [0.05, 0.1) is 24.6 Å². The first-order chi connectivity index (χ1) is 14.3. The van der Waals surface area contributed by atoms with Gasteiger partial charge in [0.1, 0.15) is 24.1 Å². The van der Waals surface area contributed by atoms with Gasteiger partial charge in [-0.25, -0.2) is 18.0 Å². The molecule has 1 aromatic heterocycles. The van der Waals surface area contributed by atoms with Crippen molar-refractivity contribution in [1.82, 2.24) is 4.57 Å². The van der Waals surface area contributed by atoms with E-state index < -0.39 is 35.6 Å². The fourth-order valence-corrected chi connectivity index (χ4v) is 4.41. The zero-order valence-corrected chi connectivity index (χ0v) is 16.5. The zero-order chi connectivity index (χ0) is 21.6. The number of anilines is 1. The lowest BCUT2D eigenvalue weighted by atomic mass is 10.0. The number of carboxylic acid groups (broad SMARTS) is 1. The van der Waals surface area contributed by atoms with E-state index in [0.29, 0.717) is 12.5 Å². The van der Waals surface area contributed by atoms with Crippen molar-refractivity contribution in [3.05, 3.63) is 33.9 Å². The molecule has 6 nitrogen and oxygen atoms in total. The Morgan fingerprint density at radius 2 is 2.07 bits per heavy atom. The maximum atomic E-state index is 15.2. The molecule has 0 unspecified atom stereocenters. The van der Waals surface area contributed by atoms with Crippen LogP contribution in [0, 0.1) is 17.7 Å². The van der Waals surface area contributed by atoms with Crippen LogP contribution >= 0.6 is 0 Å². The van der Waals surface area contributed by atoms with Crippen molar-refractivity contribution in [2.45, 2.75) is 32.0 Å². The number of fused-ring (bicyclic) bond motifs is 1. The molecule has 1 saturated carbocycles. The van der Waals surface area contributed by atoms with Crippen LogP contribution in [0.4, 0.5) is 18.9 Å². The summed E-state index contributed by atoms with van der Waals surface area (Å²) in [5, 5.41) is 9.08. The number of nitrogens with zero attached hydrogens (tertiary/aromatic N) is 2. The molecule has 0 amide bonds. The average molecular weight is 424 g/mol. The van der Waals surface area contributed by atoms with Gasteiger partial charge in [-0.1, -0.05) is 12.8 Å². The van der Waals surface area contributed by atoms with E-state index in [9.17, 15) is 23.5 Å². The average Bonchev–Trinajstić information content (AvgIpc) is 3.44. The number of aromatic carboxylic acids is 1. The van der Waals surface area contributed by atoms with Crippen molar-refractivity contribution in [1.29, 1.82) is 0 Å². The molecule has 30 heavy (non-hydrogen) atoms. The molecule has 1 N–H and O–H groups in total. The summed E-state index contributed by atoms with van der Waals surface area (Å²) in [4.78, 5) is 25.6. The van der Waals surface area contributed by atoms with Gasteiger partial charge >= 0.3 is 5.97 Å². The monoisotopic (exact) mass is 424 g/mol. The number of ether oxygens (including phenoxy) is 1. The summed E-state index contributed by atoms with van der Waals surface area (Å²) in [5.74, 6) is -1.99. The number of aromatic nitrogens is 1. The van der Waals surface area contributed by atoms with Crippen molar-refractivity contribution in [3.8, 4) is 5.75 Å². The number of carboxylic acids is 1. The van der Waals surface area contributed by atoms with Crippen LogP contribution in [0.25, 0.3) is 10.9 Å². The third-order valence-corrected chi connectivity index (χ3v) is 6.01. The molecule has 2 aliphatic rings. The van der Waals surface area contributed by atoms with Crippen LogP contribution in [0.5, 0.6) is 5.75 Å². The Hall–Kier alpha value is -2.71. The van der Waals surface area contributed by atoms with Crippen molar-refractivity contribution in [2.24, 2.45) is 11.8 Å². The largest absolute Gasteiger partial charge is 0.492 e. The first kappa shape index (κ1) is 20.6. The third kappa shape index (κ3) is 3.50. The summed E-state index contributed by atoms with van der Waals surface area (Å²) in [6.07, 6.45) is 2.88. The zero-order valence-electron chi connectivity index (χ0n) is 16.5. The van der Waals surface area contributed by atoms with Gasteiger partial charge in [-0.2, -0.15) is 0 Å². The highest BCUT2D eigenvalue weighted by molar-refractivity contribution is 5.97. The molecule has 1 aliphatic heterocycles. The van der Waals surface area contributed by atoms with E-state index >= 15 is 4.39 Å². The maximum Gasteiger partial charge on any atom is 0.341 e. The Labute approximate surface area is 170 Å². The van der Waals surface area contributed by atoms with Crippen LogP contribution in [-0.4, -0.2) is 48.7 Å². The molecule has 0 bridgehead atoms. The Morgan fingerprint density at radius 3 is 2.67 bits per heavy atom. The van der Waals surface area contributed by atoms with Crippen molar-refractivity contribution < 1.29 is 27.8 Å². The Kier molecular flexibility index (Phi) is 5.38. The number of aryl methyl sites for hydroxylation is 1. The quantitative estimate of drug-likeness (QED) is 0.738. The topological polar surface area (TPSA) is 71.8 Å². The third-order valence-electron chi connectivity index (χ3n) is 6.01. The number of pyridine rings is 1. The Morgan fingerprint density at radius 1 is 1.33 bits per heavy atom. The first-order valence-electron chi connectivity index (χ1n) is 9.97. The van der Waals surface area contributed by atoms with Crippen LogP contribution in [0.3, 0.4) is 0 Å². The highest BCUT2D eigenvalue weighted by Gasteiger charge is 2.39. The SMILES string of the molecule is COc1c(N2C[C@H](CC3CC3)[C@H](F)C2)c(F)cc2c(=O)c(C(=O)O)cn(CCF)c12. The molecule has 4 rings (SSSR count). The number of halogens is 3. The van der Waals surface area contributed by atoms with Crippen LogP contribution in [0.15, 0.2) is 17.1 Å². The Balaban J connectivity index is 1.88. The molecule has 1 aromatic carbocycles. The minimum Gasteiger partial charge on any atom is -0.492 e. The van der Waals surface area contributed by atoms with Gasteiger partial charge in [0.15, 0.2) is 11.6 Å². The smallest absolute Gasteiger partial charge is 0.341 e. The van der Waals surface area contributed by atoms with E-state index in [1.807, 2.05) is 0 Å². The van der Waals surface area contributed by atoms with Crippen molar-refractivity contribution in [3.63, 3.8) is 0 Å². The molecule has 2 heterocycles. The molecule has 1 saturated heterocycles. The number of hydrogen-bond donors (Lipinski definition) is 1. The van der Waals surface area contributed by atoms with E-state index in [4.69, 9.17) is 4.74 Å². The molecule has 0 spiro atoms. The molecular formula is C21H23F3N2O4. The standard InChI is InChI=1S/C21H23F3N2O4/c1-30-20-17-13(19(27)14(21(28)29)9-25(17)5-4-22)7-15(23)18(20)26-8-12(16(24)10-26)6-11-2-3-11/h7,9,11-12,16H,2-6,8,10H2,1H3,(H,28,29)/t12-,16+/m0/s1. The minimum atomic E-state index is -1.49. The second-order valence-corrected chi connectivity index (χ2v) is 8.06. The molecule has 2 atom stereocenters. The molecular weight excluding hydrogens is 401 g/mol. The number of carbonyl (C=O) groups is 1. The van der Waals surface area contributed by atoms with Gasteiger partial charge in [-0.05, 0) is 18.4 Å². The molecule has 0 radical (unpaired) electrons. The predicted octanol–water partition coefficient (Wildman–Crippen LogP) is 3.39. The molecule has 1 aliphatic carbocycles. The van der Waals surface area contributed by atoms with E-state index in [2.05, 4.69) is 0 Å². The summed E-state index contributed by atoms with van der Waals surface area (Å²) >= 11 is 0. The summed E-state index contributed by atoms with van der Waals surface area (Å²) in [6, 6.07) is 0.943. The van der Waals surface area contributed by atoms with Crippen LogP contribution < -0.4 is 15.1 Å². The molecule has 2 aromatic rings. The van der Waals surface area contributed by atoms with Crippen molar-refractivity contribution >= 4 is 22.6 Å². The second-order valence-electron chi connectivity index (χ2n) is 8.06. The fraction of sp³-hybridized carbons (Fsp3) is 0.524. The maximum absolute atomic E-state index is 15.2. The molecule has 162 valence electrons. The number of hydrogen-bond acceptors (Lipinski definition) is 4. The number of benzene rings is 1. The summed E-state index contributed by atoms with van der Waals surface area (Å²) in [7, 11) is 1.29. The first-order valence-corrected chi connectivity index (χ1v) is 9.97. The predicted molar refractivity (Wildman–Crippen MR) is 106 cm³/mol. The second kappa shape index (κ2) is 7.85. The summed E-state index contributed by atoms with van der Waals surface area (Å²) in [5.41, 5.74) is -1.35. The highest BCUT2D eigenvalue weighted by atomic mass is 19.1. The number of alkyl halides is 2. The van der Waals surface area contributed by atoms with E-state index in [1.165, 1.54) is 11.7 Å². The van der Waals surface area contributed by atoms with Gasteiger partial charge in [-0.3, -0.25) is 4.79 Å². The van der Waals surface area contributed by atoms with Gasteiger partial charge < -0.3 is 19.3 Å². The summed E-state index contributed by atoms with van der Waals surface area (Å²) < 4.78 is 49.6. The fourth-order valence-electron chi connectivity index (χ4n) is 4.41. The van der Waals surface area contributed by atoms with Gasteiger partial charge in [0, 0.05) is 25.2 Å². The van der Waals surface area contributed by atoms with Crippen LogP contribution in [0.1, 0.15) is 29.6 Å². The molecule has 9 heteroatoms. The minimum absolute atomic E-state index is 0.00325. The van der Waals surface area contributed by atoms with Gasteiger partial charge in [0.25, 0.3) is 0 Å². The lowest BCUT2D eigenvalue weighted by Gasteiger charge is -2.24. The lowest BCUT2D eigenvalue weighted by Crippen LogP contribution is -2.24. The van der Waals surface area contributed by atoms with Crippen molar-refractivity contribution in [2.75, 3.05) is 31.8 Å². The van der Waals surface area contributed by atoms with E-state index in [1.54, 1.807) is 4.90 Å². The normalized spacial score (nSPS) is 21.4. The lowest BCUT2D eigenvalue weighted by molar-refractivity contribution is 0.0694. The van der Waals surface area contributed by atoms with Gasteiger partial charge in [0.2, 0.25) is 5.43 Å². The number of methoxy groups -OCH3 is 1. The highest BCUT2D eigenvalue weighted by Crippen LogP contribution is 2.43. The van der Waals surface area contributed by atoms with Crippen LogP contribution in [-0.2, 0) is 6.54 Å². The van der Waals surface area contributed by atoms with E-state index in [0.717, 1.165) is 31.5 Å². The number of rotatable bonds is 7.